The fourth-order valence-corrected chi connectivity index (χ4v) is 9.26. The lowest BCUT2D eigenvalue weighted by Crippen LogP contribution is -2.30. The second kappa shape index (κ2) is 16.4. The number of pyridine rings is 2. The second-order valence-electron chi connectivity index (χ2n) is 18.0. The van der Waals surface area contributed by atoms with E-state index < -0.39 is 17.3 Å². The summed E-state index contributed by atoms with van der Waals surface area (Å²) in [5.41, 5.74) is 6.96. The summed E-state index contributed by atoms with van der Waals surface area (Å²) < 4.78 is 18.1. The molecule has 2 aliphatic carbocycles. The zero-order valence-electron chi connectivity index (χ0n) is 37.5. The zero-order chi connectivity index (χ0) is 46.1. The van der Waals surface area contributed by atoms with Crippen molar-refractivity contribution in [3.05, 3.63) is 147 Å². The summed E-state index contributed by atoms with van der Waals surface area (Å²) >= 11 is 1.39. The number of aromatic amines is 1. The lowest BCUT2D eigenvalue weighted by Gasteiger charge is -2.27. The van der Waals surface area contributed by atoms with Crippen LogP contribution in [0.5, 0.6) is 0 Å². The molecule has 11 rings (SSSR count). The smallest absolute Gasteiger partial charge is 0.420 e. The van der Waals surface area contributed by atoms with Crippen molar-refractivity contribution in [2.24, 2.45) is 0 Å². The standard InChI is InChI=1S/C26H26N4O4.C24H21N5O2S/c1-14-21(15(2)34-29-14)17-12-18(23(31)19-8-6-7-11-27-19)22-20(13-17)30(24(28-22)16-9-10-16)25(32)33-26(3,4)5;1-13-20(14(2)31-29-13)16-11-17(21-18(12-16)27-22(28-21)15-6-7-15)24(30,23-26-9-10-32-23)19-5-3-4-8-25-19/h6-8,11-13,16H,9-10H2,1-5H3;3-5,8-12,15,30H,6-7H2,1-2H3,(H,27,28). The first-order valence-corrected chi connectivity index (χ1v) is 22.8. The predicted molar refractivity (Wildman–Crippen MR) is 247 cm³/mol. The number of ketones is 1. The van der Waals surface area contributed by atoms with E-state index in [4.69, 9.17) is 23.8 Å². The van der Waals surface area contributed by atoms with Gasteiger partial charge in [-0.3, -0.25) is 14.8 Å². The summed E-state index contributed by atoms with van der Waals surface area (Å²) in [7, 11) is 0. The minimum atomic E-state index is -1.56. The number of carbonyl (C=O) groups excluding carboxylic acids is 2. The van der Waals surface area contributed by atoms with Crippen molar-refractivity contribution in [3.63, 3.8) is 0 Å². The highest BCUT2D eigenvalue weighted by Crippen LogP contribution is 2.46. The van der Waals surface area contributed by atoms with Crippen LogP contribution in [0.4, 0.5) is 4.79 Å². The number of aliphatic hydroxyl groups is 1. The third kappa shape index (κ3) is 7.79. The molecule has 0 amide bonds. The summed E-state index contributed by atoms with van der Waals surface area (Å²) in [4.78, 5) is 53.4. The Kier molecular flexibility index (Phi) is 10.6. The van der Waals surface area contributed by atoms with E-state index in [1.54, 1.807) is 42.9 Å². The van der Waals surface area contributed by atoms with Crippen molar-refractivity contribution in [2.75, 3.05) is 0 Å². The van der Waals surface area contributed by atoms with Crippen LogP contribution >= 0.6 is 11.3 Å². The van der Waals surface area contributed by atoms with Crippen molar-refractivity contribution < 1.29 is 28.5 Å². The topological polar surface area (TPSA) is 201 Å². The third-order valence-corrected chi connectivity index (χ3v) is 12.7. The van der Waals surface area contributed by atoms with E-state index in [1.165, 1.54) is 15.9 Å². The number of aryl methyl sites for hydroxylation is 4. The second-order valence-corrected chi connectivity index (χ2v) is 18.9. The van der Waals surface area contributed by atoms with E-state index in [9.17, 15) is 14.7 Å². The highest BCUT2D eigenvalue weighted by atomic mass is 32.1. The third-order valence-electron chi connectivity index (χ3n) is 11.8. The molecule has 0 saturated heterocycles. The fourth-order valence-electron chi connectivity index (χ4n) is 8.50. The molecule has 7 heterocycles. The maximum absolute atomic E-state index is 13.6. The van der Waals surface area contributed by atoms with Crippen molar-refractivity contribution >= 4 is 45.3 Å². The van der Waals surface area contributed by atoms with Crippen molar-refractivity contribution in [2.45, 2.75) is 97.2 Å². The SMILES string of the molecule is Cc1noc(C)c1-c1cc(C(=O)c2ccccn2)c2nc(C3CC3)n(C(=O)OC(C)(C)C)c2c1.Cc1noc(C)c1-c1cc(C(O)(c2ccccn2)c2nccs2)c2nc(C3CC3)[nH]c2c1. The van der Waals surface area contributed by atoms with Crippen LogP contribution in [0.25, 0.3) is 44.3 Å². The van der Waals surface area contributed by atoms with E-state index in [-0.39, 0.29) is 11.7 Å². The van der Waals surface area contributed by atoms with E-state index in [0.717, 1.165) is 76.2 Å². The molecule has 0 bridgehead atoms. The molecule has 0 aliphatic heterocycles. The number of aromatic nitrogens is 9. The number of hydrogen-bond acceptors (Lipinski definition) is 14. The molecule has 7 aromatic heterocycles. The molecule has 334 valence electrons. The largest absolute Gasteiger partial charge is 0.443 e. The molecule has 1 atom stereocenters. The Morgan fingerprint density at radius 2 is 1.45 bits per heavy atom. The first-order chi connectivity index (χ1) is 31.7. The molecule has 2 N–H and O–H groups in total. The van der Waals surface area contributed by atoms with Crippen molar-refractivity contribution in [1.82, 2.24) is 44.8 Å². The van der Waals surface area contributed by atoms with Crippen LogP contribution in [0, 0.1) is 27.7 Å². The number of fused-ring (bicyclic) bond motifs is 2. The van der Waals surface area contributed by atoms with Gasteiger partial charge in [0.05, 0.1) is 39.2 Å². The normalized spacial score (nSPS) is 14.8. The average molecular weight is 902 g/mol. The lowest BCUT2D eigenvalue weighted by molar-refractivity contribution is 0.0538. The lowest BCUT2D eigenvalue weighted by atomic mass is 9.87. The fraction of sp³-hybridized carbons (Fsp3) is 0.300. The summed E-state index contributed by atoms with van der Waals surface area (Å²) in [6.45, 7) is 13.0. The number of carbonyl (C=O) groups is 2. The molecule has 1 unspecified atom stereocenters. The summed E-state index contributed by atoms with van der Waals surface area (Å²) in [6.07, 6.45) is 8.58. The molecule has 15 nitrogen and oxygen atoms in total. The number of benzene rings is 2. The van der Waals surface area contributed by atoms with Crippen molar-refractivity contribution in [3.8, 4) is 22.3 Å². The Labute approximate surface area is 383 Å². The van der Waals surface area contributed by atoms with Gasteiger partial charge in [0, 0.05) is 52.5 Å². The van der Waals surface area contributed by atoms with Crippen LogP contribution in [0.2, 0.25) is 0 Å². The quantitative estimate of drug-likeness (QED) is 0.130. The summed E-state index contributed by atoms with van der Waals surface area (Å²) in [6, 6.07) is 18.4. The summed E-state index contributed by atoms with van der Waals surface area (Å²) in [5, 5.41) is 22.9. The molecule has 2 aromatic carbocycles. The number of hydrogen-bond donors (Lipinski definition) is 2. The first kappa shape index (κ1) is 42.8. The average Bonchev–Trinajstić information content (AvgIpc) is 4.07. The van der Waals surface area contributed by atoms with Gasteiger partial charge in [-0.15, -0.1) is 11.3 Å². The van der Waals surface area contributed by atoms with Gasteiger partial charge in [0.1, 0.15) is 45.0 Å². The molecular weight excluding hydrogens is 855 g/mol. The number of nitrogens with zero attached hydrogens (tertiary/aromatic N) is 8. The molecule has 2 fully saturated rings. The van der Waals surface area contributed by atoms with E-state index in [0.29, 0.717) is 61.8 Å². The van der Waals surface area contributed by atoms with E-state index in [1.807, 2.05) is 84.2 Å². The summed E-state index contributed by atoms with van der Waals surface area (Å²) in [5.74, 6) is 3.26. The van der Waals surface area contributed by atoms with Crippen LogP contribution in [-0.4, -0.2) is 67.4 Å². The Hall–Kier alpha value is -7.17. The Morgan fingerprint density at radius 3 is 2.02 bits per heavy atom. The molecule has 2 saturated carbocycles. The van der Waals surface area contributed by atoms with E-state index >= 15 is 0 Å². The van der Waals surface area contributed by atoms with Gasteiger partial charge in [-0.05, 0) is 134 Å². The van der Waals surface area contributed by atoms with Crippen LogP contribution in [0.3, 0.4) is 0 Å². The number of ether oxygens (including phenoxy) is 1. The van der Waals surface area contributed by atoms with Gasteiger partial charge in [0.2, 0.25) is 5.78 Å². The van der Waals surface area contributed by atoms with Gasteiger partial charge < -0.3 is 23.9 Å². The molecular formula is C50H47N9O6S. The molecule has 66 heavy (non-hydrogen) atoms. The Balaban J connectivity index is 0.000000155. The maximum atomic E-state index is 13.6. The van der Waals surface area contributed by atoms with Crippen LogP contribution < -0.4 is 0 Å². The molecule has 0 radical (unpaired) electrons. The van der Waals surface area contributed by atoms with Crippen LogP contribution in [0.1, 0.15) is 125 Å². The Morgan fingerprint density at radius 1 is 0.788 bits per heavy atom. The minimum absolute atomic E-state index is 0.153. The van der Waals surface area contributed by atoms with Gasteiger partial charge in [-0.1, -0.05) is 22.4 Å². The van der Waals surface area contributed by atoms with E-state index in [2.05, 4.69) is 36.3 Å². The highest BCUT2D eigenvalue weighted by molar-refractivity contribution is 7.09. The predicted octanol–water partition coefficient (Wildman–Crippen LogP) is 10.4. The van der Waals surface area contributed by atoms with Gasteiger partial charge in [0.15, 0.2) is 5.60 Å². The molecule has 0 spiro atoms. The number of imidazole rings is 2. The minimum Gasteiger partial charge on any atom is -0.443 e. The highest BCUT2D eigenvalue weighted by Gasteiger charge is 2.42. The van der Waals surface area contributed by atoms with Gasteiger partial charge in [-0.25, -0.2) is 24.3 Å². The van der Waals surface area contributed by atoms with Crippen LogP contribution in [-0.2, 0) is 10.3 Å². The first-order valence-electron chi connectivity index (χ1n) is 21.9. The van der Waals surface area contributed by atoms with Crippen molar-refractivity contribution in [1.29, 1.82) is 0 Å². The number of rotatable bonds is 9. The maximum Gasteiger partial charge on any atom is 0.420 e. The van der Waals surface area contributed by atoms with Crippen LogP contribution in [0.15, 0.2) is 93.7 Å². The van der Waals surface area contributed by atoms with Gasteiger partial charge in [0.25, 0.3) is 0 Å². The Bertz CT molecular complexity index is 3250. The van der Waals surface area contributed by atoms with Gasteiger partial charge in [-0.2, -0.15) is 0 Å². The zero-order valence-corrected chi connectivity index (χ0v) is 38.4. The number of H-pyrrole nitrogens is 1. The molecule has 16 heteroatoms. The number of nitrogens with one attached hydrogen (secondary N) is 1. The molecule has 2 aliphatic rings. The molecule has 9 aromatic rings. The monoisotopic (exact) mass is 901 g/mol. The number of thiazole rings is 1. The van der Waals surface area contributed by atoms with Gasteiger partial charge >= 0.3 is 6.09 Å².